The number of fused-ring (bicyclic) bond motifs is 2. The van der Waals surface area contributed by atoms with Crippen molar-refractivity contribution in [3.63, 3.8) is 0 Å². The van der Waals surface area contributed by atoms with Gasteiger partial charge >= 0.3 is 0 Å². The molecule has 2 fully saturated rings. The molecular formula is C16H21FN2O2. The second-order valence-electron chi connectivity index (χ2n) is 6.02. The SMILES string of the molecule is COc1ccc(CC(=O)NC2CC3CCC(C2)N3)cc1F. The summed E-state index contributed by atoms with van der Waals surface area (Å²) in [5, 5.41) is 6.63. The predicted octanol–water partition coefficient (Wildman–Crippen LogP) is 1.78. The van der Waals surface area contributed by atoms with Gasteiger partial charge in [0.05, 0.1) is 13.5 Å². The summed E-state index contributed by atoms with van der Waals surface area (Å²) in [6.07, 6.45) is 4.63. The van der Waals surface area contributed by atoms with Crippen molar-refractivity contribution in [2.24, 2.45) is 0 Å². The van der Waals surface area contributed by atoms with E-state index in [1.54, 1.807) is 12.1 Å². The Hall–Kier alpha value is -1.62. The lowest BCUT2D eigenvalue weighted by atomic mass is 9.99. The van der Waals surface area contributed by atoms with E-state index in [4.69, 9.17) is 4.74 Å². The third kappa shape index (κ3) is 3.35. The summed E-state index contributed by atoms with van der Waals surface area (Å²) < 4.78 is 18.5. The first-order chi connectivity index (χ1) is 10.1. The molecule has 2 unspecified atom stereocenters. The Morgan fingerprint density at radius 3 is 2.71 bits per heavy atom. The van der Waals surface area contributed by atoms with Crippen LogP contribution in [0.5, 0.6) is 5.75 Å². The van der Waals surface area contributed by atoms with Crippen LogP contribution in [0.4, 0.5) is 4.39 Å². The maximum atomic E-state index is 13.6. The van der Waals surface area contributed by atoms with Gasteiger partial charge in [0.1, 0.15) is 0 Å². The number of rotatable bonds is 4. The van der Waals surface area contributed by atoms with Crippen LogP contribution in [0.1, 0.15) is 31.2 Å². The number of hydrogen-bond donors (Lipinski definition) is 2. The maximum absolute atomic E-state index is 13.6. The highest BCUT2D eigenvalue weighted by Gasteiger charge is 2.33. The van der Waals surface area contributed by atoms with Crippen molar-refractivity contribution >= 4 is 5.91 Å². The molecule has 2 heterocycles. The maximum Gasteiger partial charge on any atom is 0.224 e. The number of carbonyl (C=O) groups is 1. The van der Waals surface area contributed by atoms with Crippen LogP contribution in [-0.4, -0.2) is 31.1 Å². The van der Waals surface area contributed by atoms with E-state index in [9.17, 15) is 9.18 Å². The van der Waals surface area contributed by atoms with E-state index in [1.165, 1.54) is 26.0 Å². The monoisotopic (exact) mass is 292 g/mol. The average molecular weight is 292 g/mol. The van der Waals surface area contributed by atoms with Gasteiger partial charge in [0.15, 0.2) is 11.6 Å². The van der Waals surface area contributed by atoms with E-state index in [2.05, 4.69) is 10.6 Å². The zero-order valence-corrected chi connectivity index (χ0v) is 12.2. The number of halogens is 1. The molecule has 0 radical (unpaired) electrons. The summed E-state index contributed by atoms with van der Waals surface area (Å²) in [6.45, 7) is 0. The lowest BCUT2D eigenvalue weighted by Crippen LogP contribution is -2.48. The first-order valence-corrected chi connectivity index (χ1v) is 7.52. The van der Waals surface area contributed by atoms with Crippen molar-refractivity contribution in [1.82, 2.24) is 10.6 Å². The van der Waals surface area contributed by atoms with Crippen molar-refractivity contribution in [3.05, 3.63) is 29.6 Å². The predicted molar refractivity (Wildman–Crippen MR) is 77.8 cm³/mol. The molecule has 2 atom stereocenters. The van der Waals surface area contributed by atoms with Crippen LogP contribution < -0.4 is 15.4 Å². The second kappa shape index (κ2) is 6.02. The molecule has 3 rings (SSSR count). The van der Waals surface area contributed by atoms with Gasteiger partial charge in [-0.2, -0.15) is 0 Å². The molecule has 0 aromatic heterocycles. The Balaban J connectivity index is 1.55. The molecule has 2 aliphatic heterocycles. The molecule has 5 heteroatoms. The molecule has 2 aliphatic rings. The molecule has 1 aromatic rings. The van der Waals surface area contributed by atoms with Crippen LogP contribution >= 0.6 is 0 Å². The Kier molecular flexibility index (Phi) is 4.10. The lowest BCUT2D eigenvalue weighted by Gasteiger charge is -2.29. The zero-order chi connectivity index (χ0) is 14.8. The summed E-state index contributed by atoms with van der Waals surface area (Å²) in [7, 11) is 1.43. The van der Waals surface area contributed by atoms with Gasteiger partial charge in [-0.1, -0.05) is 6.07 Å². The molecule has 0 spiro atoms. The average Bonchev–Trinajstić information content (AvgIpc) is 2.78. The molecule has 0 saturated carbocycles. The van der Waals surface area contributed by atoms with Crippen LogP contribution in [0.15, 0.2) is 18.2 Å². The molecule has 114 valence electrons. The first-order valence-electron chi connectivity index (χ1n) is 7.52. The topological polar surface area (TPSA) is 50.4 Å². The molecule has 21 heavy (non-hydrogen) atoms. The van der Waals surface area contributed by atoms with Crippen LogP contribution in [0.3, 0.4) is 0 Å². The number of amides is 1. The fourth-order valence-electron chi connectivity index (χ4n) is 3.46. The highest BCUT2D eigenvalue weighted by Crippen LogP contribution is 2.26. The third-order valence-electron chi connectivity index (χ3n) is 4.42. The fourth-order valence-corrected chi connectivity index (χ4v) is 3.46. The largest absolute Gasteiger partial charge is 0.494 e. The van der Waals surface area contributed by atoms with Crippen molar-refractivity contribution in [2.75, 3.05) is 7.11 Å². The van der Waals surface area contributed by atoms with Gasteiger partial charge in [0, 0.05) is 18.1 Å². The van der Waals surface area contributed by atoms with E-state index in [1.807, 2.05) is 0 Å². The van der Waals surface area contributed by atoms with Crippen LogP contribution in [0.2, 0.25) is 0 Å². The molecule has 1 amide bonds. The number of benzene rings is 1. The number of methoxy groups -OCH3 is 1. The smallest absolute Gasteiger partial charge is 0.224 e. The van der Waals surface area contributed by atoms with Crippen LogP contribution in [0.25, 0.3) is 0 Å². The summed E-state index contributed by atoms with van der Waals surface area (Å²) in [5.74, 6) is -0.261. The fraction of sp³-hybridized carbons (Fsp3) is 0.562. The molecule has 4 nitrogen and oxygen atoms in total. The molecule has 2 saturated heterocycles. The minimum absolute atomic E-state index is 0.0362. The van der Waals surface area contributed by atoms with Crippen molar-refractivity contribution in [2.45, 2.75) is 50.2 Å². The Labute approximate surface area is 124 Å². The van der Waals surface area contributed by atoms with Gasteiger partial charge in [-0.15, -0.1) is 0 Å². The lowest BCUT2D eigenvalue weighted by molar-refractivity contribution is -0.121. The van der Waals surface area contributed by atoms with Crippen molar-refractivity contribution < 1.29 is 13.9 Å². The quantitative estimate of drug-likeness (QED) is 0.889. The van der Waals surface area contributed by atoms with Gasteiger partial charge in [0.2, 0.25) is 5.91 Å². The Bertz CT molecular complexity index is 523. The Morgan fingerprint density at radius 2 is 2.10 bits per heavy atom. The second-order valence-corrected chi connectivity index (χ2v) is 6.02. The van der Waals surface area contributed by atoms with Crippen LogP contribution in [0, 0.1) is 5.82 Å². The first kappa shape index (κ1) is 14.3. The summed E-state index contributed by atoms with van der Waals surface area (Å²) in [4.78, 5) is 12.1. The summed E-state index contributed by atoms with van der Waals surface area (Å²) in [6, 6.07) is 6.00. The number of piperidine rings is 1. The zero-order valence-electron chi connectivity index (χ0n) is 12.2. The Morgan fingerprint density at radius 1 is 1.38 bits per heavy atom. The summed E-state index contributed by atoms with van der Waals surface area (Å²) in [5.41, 5.74) is 0.669. The third-order valence-corrected chi connectivity index (χ3v) is 4.42. The van der Waals surface area contributed by atoms with Crippen molar-refractivity contribution in [1.29, 1.82) is 0 Å². The molecule has 2 N–H and O–H groups in total. The summed E-state index contributed by atoms with van der Waals surface area (Å²) >= 11 is 0. The van der Waals surface area contributed by atoms with Crippen LogP contribution in [-0.2, 0) is 11.2 Å². The van der Waals surface area contributed by atoms with E-state index >= 15 is 0 Å². The number of carbonyl (C=O) groups excluding carboxylic acids is 1. The van der Waals surface area contributed by atoms with Gasteiger partial charge < -0.3 is 15.4 Å². The molecular weight excluding hydrogens is 271 g/mol. The molecule has 2 bridgehead atoms. The van der Waals surface area contributed by atoms with E-state index in [0.717, 1.165) is 12.8 Å². The standard InChI is InChI=1S/C16H21FN2O2/c1-21-15-5-2-10(6-14(15)17)7-16(20)19-13-8-11-3-4-12(9-13)18-11/h2,5-6,11-13,18H,3-4,7-9H2,1H3,(H,19,20). The highest BCUT2D eigenvalue weighted by molar-refractivity contribution is 5.79. The normalized spacial score (nSPS) is 27.4. The van der Waals surface area contributed by atoms with Crippen molar-refractivity contribution in [3.8, 4) is 5.75 Å². The number of ether oxygens (including phenoxy) is 1. The van der Waals surface area contributed by atoms with E-state index in [-0.39, 0.29) is 24.1 Å². The minimum atomic E-state index is -0.428. The number of nitrogens with one attached hydrogen (secondary N) is 2. The van der Waals surface area contributed by atoms with Gasteiger partial charge in [-0.3, -0.25) is 4.79 Å². The van der Waals surface area contributed by atoms with E-state index in [0.29, 0.717) is 17.6 Å². The molecule has 0 aliphatic carbocycles. The van der Waals surface area contributed by atoms with E-state index < -0.39 is 5.82 Å². The van der Waals surface area contributed by atoms with Gasteiger partial charge in [-0.05, 0) is 43.4 Å². The minimum Gasteiger partial charge on any atom is -0.494 e. The highest BCUT2D eigenvalue weighted by atomic mass is 19.1. The molecule has 1 aromatic carbocycles. The number of hydrogen-bond acceptors (Lipinski definition) is 3. The van der Waals surface area contributed by atoms with Gasteiger partial charge in [-0.25, -0.2) is 4.39 Å². The van der Waals surface area contributed by atoms with Gasteiger partial charge in [0.25, 0.3) is 0 Å².